The second-order valence-corrected chi connectivity index (χ2v) is 6.16. The van der Waals surface area contributed by atoms with Crippen molar-refractivity contribution < 1.29 is 0 Å². The number of rotatable bonds is 6. The summed E-state index contributed by atoms with van der Waals surface area (Å²) in [5.41, 5.74) is 3.03. The molecule has 102 valence electrons. The predicted molar refractivity (Wildman–Crippen MR) is 80.1 cm³/mol. The van der Waals surface area contributed by atoms with Crippen LogP contribution in [-0.4, -0.2) is 24.7 Å². The van der Waals surface area contributed by atoms with Gasteiger partial charge in [0.1, 0.15) is 0 Å². The first kappa shape index (κ1) is 15.2. The van der Waals surface area contributed by atoms with E-state index >= 15 is 0 Å². The molecular weight excluding hydrogens is 220 g/mol. The SMILES string of the molecule is Cc1ccccc1CCNC(C)CNC(C)(C)C. The maximum atomic E-state index is 3.57. The van der Waals surface area contributed by atoms with Crippen LogP contribution in [0, 0.1) is 6.92 Å². The Labute approximate surface area is 112 Å². The summed E-state index contributed by atoms with van der Waals surface area (Å²) in [5.74, 6) is 0. The Morgan fingerprint density at radius 2 is 1.83 bits per heavy atom. The van der Waals surface area contributed by atoms with Crippen LogP contribution < -0.4 is 10.6 Å². The standard InChI is InChI=1S/C16H28N2/c1-13-8-6-7-9-15(13)10-11-17-14(2)12-18-16(3,4)5/h6-9,14,17-18H,10-12H2,1-5H3. The summed E-state index contributed by atoms with van der Waals surface area (Å²) < 4.78 is 0. The van der Waals surface area contributed by atoms with Gasteiger partial charge in [-0.3, -0.25) is 0 Å². The molecule has 1 aromatic rings. The summed E-state index contributed by atoms with van der Waals surface area (Å²) in [6.45, 7) is 13.1. The number of benzene rings is 1. The lowest BCUT2D eigenvalue weighted by Gasteiger charge is -2.24. The molecule has 0 saturated carbocycles. The van der Waals surface area contributed by atoms with Crippen molar-refractivity contribution in [3.8, 4) is 0 Å². The lowest BCUT2D eigenvalue weighted by molar-refractivity contribution is 0.389. The van der Waals surface area contributed by atoms with Crippen molar-refractivity contribution in [1.82, 2.24) is 10.6 Å². The van der Waals surface area contributed by atoms with Gasteiger partial charge in [-0.05, 0) is 58.7 Å². The normalized spacial score (nSPS) is 13.6. The van der Waals surface area contributed by atoms with Crippen LogP contribution in [0.2, 0.25) is 0 Å². The lowest BCUT2D eigenvalue weighted by atomic mass is 10.1. The molecule has 0 fully saturated rings. The van der Waals surface area contributed by atoms with E-state index in [0.717, 1.165) is 19.5 Å². The summed E-state index contributed by atoms with van der Waals surface area (Å²) in [6, 6.07) is 9.12. The van der Waals surface area contributed by atoms with Crippen LogP contribution in [0.15, 0.2) is 24.3 Å². The zero-order valence-electron chi connectivity index (χ0n) is 12.5. The predicted octanol–water partition coefficient (Wildman–Crippen LogP) is 2.90. The molecular formula is C16H28N2. The minimum atomic E-state index is 0.200. The molecule has 0 bridgehead atoms. The third-order valence-corrected chi connectivity index (χ3v) is 3.09. The summed E-state index contributed by atoms with van der Waals surface area (Å²) in [4.78, 5) is 0. The summed E-state index contributed by atoms with van der Waals surface area (Å²) in [5, 5.41) is 7.09. The van der Waals surface area contributed by atoms with E-state index in [1.807, 2.05) is 0 Å². The average molecular weight is 248 g/mol. The maximum Gasteiger partial charge on any atom is 0.0164 e. The Morgan fingerprint density at radius 3 is 2.44 bits per heavy atom. The van der Waals surface area contributed by atoms with Gasteiger partial charge in [0.2, 0.25) is 0 Å². The second kappa shape index (κ2) is 6.91. The molecule has 0 heterocycles. The van der Waals surface area contributed by atoms with Crippen molar-refractivity contribution in [2.45, 2.75) is 52.6 Å². The molecule has 0 amide bonds. The van der Waals surface area contributed by atoms with Gasteiger partial charge >= 0.3 is 0 Å². The number of aryl methyl sites for hydroxylation is 1. The molecule has 0 aliphatic heterocycles. The molecule has 0 saturated heterocycles. The fourth-order valence-electron chi connectivity index (χ4n) is 1.88. The van der Waals surface area contributed by atoms with Gasteiger partial charge in [0.05, 0.1) is 0 Å². The molecule has 2 nitrogen and oxygen atoms in total. The minimum absolute atomic E-state index is 0.200. The van der Waals surface area contributed by atoms with E-state index in [4.69, 9.17) is 0 Å². The van der Waals surface area contributed by atoms with Crippen LogP contribution in [0.5, 0.6) is 0 Å². The zero-order chi connectivity index (χ0) is 13.6. The monoisotopic (exact) mass is 248 g/mol. The Bertz CT molecular complexity index is 352. The van der Waals surface area contributed by atoms with Crippen molar-refractivity contribution in [1.29, 1.82) is 0 Å². The summed E-state index contributed by atoms with van der Waals surface area (Å²) in [6.07, 6.45) is 1.10. The van der Waals surface area contributed by atoms with E-state index in [0.29, 0.717) is 6.04 Å². The highest BCUT2D eigenvalue weighted by Crippen LogP contribution is 2.07. The van der Waals surface area contributed by atoms with E-state index in [1.165, 1.54) is 11.1 Å². The number of hydrogen-bond donors (Lipinski definition) is 2. The molecule has 1 rings (SSSR count). The molecule has 0 spiro atoms. The Morgan fingerprint density at radius 1 is 1.17 bits per heavy atom. The third kappa shape index (κ3) is 6.18. The van der Waals surface area contributed by atoms with Crippen LogP contribution in [0.25, 0.3) is 0 Å². The second-order valence-electron chi connectivity index (χ2n) is 6.16. The van der Waals surface area contributed by atoms with Crippen molar-refractivity contribution >= 4 is 0 Å². The van der Waals surface area contributed by atoms with Gasteiger partial charge in [0.15, 0.2) is 0 Å². The summed E-state index contributed by atoms with van der Waals surface area (Å²) >= 11 is 0. The first-order valence-corrected chi connectivity index (χ1v) is 6.91. The lowest BCUT2D eigenvalue weighted by Crippen LogP contribution is -2.45. The van der Waals surface area contributed by atoms with Gasteiger partial charge in [-0.15, -0.1) is 0 Å². The third-order valence-electron chi connectivity index (χ3n) is 3.09. The molecule has 0 aromatic heterocycles. The summed E-state index contributed by atoms with van der Waals surface area (Å²) in [7, 11) is 0. The number of nitrogens with one attached hydrogen (secondary N) is 2. The maximum absolute atomic E-state index is 3.57. The van der Waals surface area contributed by atoms with E-state index in [9.17, 15) is 0 Å². The Hall–Kier alpha value is -0.860. The van der Waals surface area contributed by atoms with Crippen LogP contribution in [0.4, 0.5) is 0 Å². The molecule has 2 heteroatoms. The molecule has 1 atom stereocenters. The van der Waals surface area contributed by atoms with Crippen molar-refractivity contribution in [2.75, 3.05) is 13.1 Å². The van der Waals surface area contributed by atoms with Crippen LogP contribution in [0.1, 0.15) is 38.8 Å². The zero-order valence-corrected chi connectivity index (χ0v) is 12.5. The average Bonchev–Trinajstić information content (AvgIpc) is 2.28. The Balaban J connectivity index is 2.24. The smallest absolute Gasteiger partial charge is 0.0164 e. The van der Waals surface area contributed by atoms with Gasteiger partial charge in [-0.25, -0.2) is 0 Å². The fraction of sp³-hybridized carbons (Fsp3) is 0.625. The molecule has 1 unspecified atom stereocenters. The molecule has 0 aliphatic carbocycles. The van der Waals surface area contributed by atoms with E-state index in [-0.39, 0.29) is 5.54 Å². The van der Waals surface area contributed by atoms with Crippen molar-refractivity contribution in [2.24, 2.45) is 0 Å². The Kier molecular flexibility index (Phi) is 5.83. The quantitative estimate of drug-likeness (QED) is 0.809. The van der Waals surface area contributed by atoms with Gasteiger partial charge < -0.3 is 10.6 Å². The van der Waals surface area contributed by atoms with Gasteiger partial charge in [0, 0.05) is 18.1 Å². The molecule has 2 N–H and O–H groups in total. The van der Waals surface area contributed by atoms with Crippen LogP contribution >= 0.6 is 0 Å². The molecule has 0 radical (unpaired) electrons. The highest BCUT2D eigenvalue weighted by atomic mass is 15.0. The van der Waals surface area contributed by atoms with Crippen LogP contribution in [-0.2, 0) is 6.42 Å². The largest absolute Gasteiger partial charge is 0.313 e. The van der Waals surface area contributed by atoms with Crippen molar-refractivity contribution in [3.05, 3.63) is 35.4 Å². The highest BCUT2D eigenvalue weighted by Gasteiger charge is 2.10. The molecule has 0 aliphatic rings. The van der Waals surface area contributed by atoms with E-state index in [1.54, 1.807) is 0 Å². The minimum Gasteiger partial charge on any atom is -0.313 e. The topological polar surface area (TPSA) is 24.1 Å². The van der Waals surface area contributed by atoms with Crippen molar-refractivity contribution in [3.63, 3.8) is 0 Å². The first-order valence-electron chi connectivity index (χ1n) is 6.91. The van der Waals surface area contributed by atoms with E-state index < -0.39 is 0 Å². The van der Waals surface area contributed by atoms with Gasteiger partial charge in [-0.2, -0.15) is 0 Å². The molecule has 18 heavy (non-hydrogen) atoms. The fourth-order valence-corrected chi connectivity index (χ4v) is 1.88. The highest BCUT2D eigenvalue weighted by molar-refractivity contribution is 5.25. The van der Waals surface area contributed by atoms with Crippen LogP contribution in [0.3, 0.4) is 0 Å². The number of hydrogen-bond acceptors (Lipinski definition) is 2. The van der Waals surface area contributed by atoms with Gasteiger partial charge in [0.25, 0.3) is 0 Å². The van der Waals surface area contributed by atoms with Gasteiger partial charge in [-0.1, -0.05) is 24.3 Å². The molecule has 1 aromatic carbocycles. The van der Waals surface area contributed by atoms with E-state index in [2.05, 4.69) is 69.5 Å². The first-order chi connectivity index (χ1) is 8.38.